The molecular formula is C17H19N3O4S. The number of aromatic nitrogens is 1. The number of sulfonamides is 1. The Morgan fingerprint density at radius 2 is 1.84 bits per heavy atom. The number of carbonyl (C=O) groups is 1. The van der Waals surface area contributed by atoms with Crippen LogP contribution in [0.3, 0.4) is 0 Å². The Morgan fingerprint density at radius 1 is 1.12 bits per heavy atom. The summed E-state index contributed by atoms with van der Waals surface area (Å²) in [7, 11) is -3.62. The van der Waals surface area contributed by atoms with Crippen molar-refractivity contribution in [3.63, 3.8) is 0 Å². The number of carbonyl (C=O) groups excluding carboxylic acids is 1. The van der Waals surface area contributed by atoms with Crippen LogP contribution in [0.1, 0.15) is 16.1 Å². The molecule has 1 aliphatic rings. The van der Waals surface area contributed by atoms with Crippen molar-refractivity contribution < 1.29 is 17.9 Å². The molecule has 0 saturated carbocycles. The molecule has 1 amide bonds. The first kappa shape index (κ1) is 17.5. The van der Waals surface area contributed by atoms with Gasteiger partial charge in [-0.05, 0) is 23.8 Å². The van der Waals surface area contributed by atoms with Crippen molar-refractivity contribution in [2.45, 2.75) is 11.4 Å². The zero-order valence-corrected chi connectivity index (χ0v) is 14.4. The third-order valence-electron chi connectivity index (χ3n) is 3.90. The van der Waals surface area contributed by atoms with Gasteiger partial charge >= 0.3 is 0 Å². The minimum atomic E-state index is -3.62. The summed E-state index contributed by atoms with van der Waals surface area (Å²) in [6.45, 7) is 1.54. The number of ether oxygens (including phenoxy) is 1. The average Bonchev–Trinajstić information content (AvgIpc) is 2.67. The summed E-state index contributed by atoms with van der Waals surface area (Å²) in [6.07, 6.45) is 1.53. The van der Waals surface area contributed by atoms with Gasteiger partial charge in [0.05, 0.1) is 18.1 Å². The molecule has 0 atom stereocenters. The number of nitrogens with zero attached hydrogens (tertiary/aromatic N) is 2. The molecule has 2 aromatic rings. The van der Waals surface area contributed by atoms with Crippen LogP contribution in [-0.2, 0) is 21.3 Å². The fourth-order valence-corrected chi connectivity index (χ4v) is 4.22. The maximum Gasteiger partial charge on any atom is 0.270 e. The van der Waals surface area contributed by atoms with Crippen LogP contribution >= 0.6 is 0 Å². The molecule has 1 fully saturated rings. The predicted octanol–water partition coefficient (Wildman–Crippen LogP) is 1.03. The van der Waals surface area contributed by atoms with Crippen LogP contribution in [0.15, 0.2) is 53.6 Å². The molecule has 7 nitrogen and oxygen atoms in total. The summed E-state index contributed by atoms with van der Waals surface area (Å²) in [5, 5.41) is 2.72. The summed E-state index contributed by atoms with van der Waals surface area (Å²) in [5.74, 6) is -0.348. The highest BCUT2D eigenvalue weighted by molar-refractivity contribution is 7.89. The lowest BCUT2D eigenvalue weighted by Crippen LogP contribution is -2.41. The zero-order chi connectivity index (χ0) is 17.7. The molecule has 0 aliphatic carbocycles. The number of rotatable bonds is 5. The largest absolute Gasteiger partial charge is 0.379 e. The lowest BCUT2D eigenvalue weighted by molar-refractivity contribution is 0.0730. The first-order chi connectivity index (χ1) is 12.1. The Hall–Kier alpha value is -2.29. The van der Waals surface area contributed by atoms with E-state index in [1.165, 1.54) is 10.5 Å². The van der Waals surface area contributed by atoms with E-state index in [1.807, 2.05) is 0 Å². The summed E-state index contributed by atoms with van der Waals surface area (Å²) >= 11 is 0. The standard InChI is InChI=1S/C17H19N3O4S/c21-17(15-6-3-4-8-18-15)19-13-14-5-1-2-7-16(14)25(22,23)20-9-11-24-12-10-20/h1-8H,9-13H2,(H,19,21). The van der Waals surface area contributed by atoms with Gasteiger partial charge in [-0.15, -0.1) is 0 Å². The maximum atomic E-state index is 12.9. The second-order valence-corrected chi connectivity index (χ2v) is 7.43. The van der Waals surface area contributed by atoms with Crippen molar-refractivity contribution in [1.82, 2.24) is 14.6 Å². The highest BCUT2D eigenvalue weighted by Gasteiger charge is 2.28. The summed E-state index contributed by atoms with van der Waals surface area (Å²) < 4.78 is 32.4. The van der Waals surface area contributed by atoms with Crippen LogP contribution < -0.4 is 5.32 Å². The van der Waals surface area contributed by atoms with Crippen LogP contribution in [0.4, 0.5) is 0 Å². The maximum absolute atomic E-state index is 12.9. The number of hydrogen-bond acceptors (Lipinski definition) is 5. The third kappa shape index (κ3) is 4.04. The van der Waals surface area contributed by atoms with E-state index in [-0.39, 0.29) is 23.0 Å². The molecule has 3 rings (SSSR count). The second kappa shape index (κ2) is 7.73. The average molecular weight is 361 g/mol. The van der Waals surface area contributed by atoms with E-state index in [4.69, 9.17) is 4.74 Å². The normalized spacial score (nSPS) is 15.7. The summed E-state index contributed by atoms with van der Waals surface area (Å²) in [5.41, 5.74) is 0.828. The van der Waals surface area contributed by atoms with E-state index >= 15 is 0 Å². The van der Waals surface area contributed by atoms with Gasteiger partial charge in [0.15, 0.2) is 0 Å². The number of hydrogen-bond donors (Lipinski definition) is 1. The van der Waals surface area contributed by atoms with Crippen molar-refractivity contribution in [3.8, 4) is 0 Å². The third-order valence-corrected chi connectivity index (χ3v) is 5.90. The van der Waals surface area contributed by atoms with E-state index in [2.05, 4.69) is 10.3 Å². The van der Waals surface area contributed by atoms with Gasteiger partial charge in [0, 0.05) is 25.8 Å². The summed E-state index contributed by atoms with van der Waals surface area (Å²) in [4.78, 5) is 16.3. The van der Waals surface area contributed by atoms with Gasteiger partial charge in [-0.1, -0.05) is 24.3 Å². The van der Waals surface area contributed by atoms with E-state index in [0.717, 1.165) is 0 Å². The van der Waals surface area contributed by atoms with Crippen LogP contribution in [0.5, 0.6) is 0 Å². The molecule has 0 bridgehead atoms. The quantitative estimate of drug-likeness (QED) is 0.859. The Labute approximate surface area is 146 Å². The number of morpholine rings is 1. The zero-order valence-electron chi connectivity index (χ0n) is 13.6. The van der Waals surface area contributed by atoms with Crippen molar-refractivity contribution in [3.05, 3.63) is 59.9 Å². The number of pyridine rings is 1. The van der Waals surface area contributed by atoms with Crippen molar-refractivity contribution >= 4 is 15.9 Å². The van der Waals surface area contributed by atoms with Crippen LogP contribution in [0.2, 0.25) is 0 Å². The van der Waals surface area contributed by atoms with Crippen LogP contribution in [-0.4, -0.2) is 49.9 Å². The minimum Gasteiger partial charge on any atom is -0.379 e. The van der Waals surface area contributed by atoms with Crippen LogP contribution in [0, 0.1) is 0 Å². The van der Waals surface area contributed by atoms with Gasteiger partial charge in [0.1, 0.15) is 5.69 Å². The highest BCUT2D eigenvalue weighted by Crippen LogP contribution is 2.21. The summed E-state index contributed by atoms with van der Waals surface area (Å²) in [6, 6.07) is 11.7. The van der Waals surface area contributed by atoms with Gasteiger partial charge in [0.2, 0.25) is 10.0 Å². The van der Waals surface area contributed by atoms with E-state index in [1.54, 1.807) is 42.5 Å². The molecule has 0 unspecified atom stereocenters. The predicted molar refractivity (Wildman–Crippen MR) is 91.4 cm³/mol. The highest BCUT2D eigenvalue weighted by atomic mass is 32.2. The molecule has 1 aromatic heterocycles. The SMILES string of the molecule is O=C(NCc1ccccc1S(=O)(=O)N1CCOCC1)c1ccccn1. The van der Waals surface area contributed by atoms with Crippen LogP contribution in [0.25, 0.3) is 0 Å². The van der Waals surface area contributed by atoms with E-state index < -0.39 is 10.0 Å². The molecule has 1 N–H and O–H groups in total. The second-order valence-electron chi connectivity index (χ2n) is 5.52. The Bertz CT molecular complexity index is 834. The van der Waals surface area contributed by atoms with Gasteiger partial charge in [0.25, 0.3) is 5.91 Å². The smallest absolute Gasteiger partial charge is 0.270 e. The van der Waals surface area contributed by atoms with Gasteiger partial charge in [-0.3, -0.25) is 9.78 Å². The minimum absolute atomic E-state index is 0.106. The number of amides is 1. The monoisotopic (exact) mass is 361 g/mol. The Kier molecular flexibility index (Phi) is 5.42. The molecule has 8 heteroatoms. The molecule has 2 heterocycles. The number of nitrogens with one attached hydrogen (secondary N) is 1. The van der Waals surface area contributed by atoms with Crippen molar-refractivity contribution in [2.75, 3.05) is 26.3 Å². The molecule has 1 saturated heterocycles. The fourth-order valence-electron chi connectivity index (χ4n) is 2.59. The number of benzene rings is 1. The van der Waals surface area contributed by atoms with Gasteiger partial charge < -0.3 is 10.1 Å². The Morgan fingerprint density at radius 3 is 2.56 bits per heavy atom. The first-order valence-corrected chi connectivity index (χ1v) is 9.38. The van der Waals surface area contributed by atoms with Crippen molar-refractivity contribution in [1.29, 1.82) is 0 Å². The van der Waals surface area contributed by atoms with Crippen molar-refractivity contribution in [2.24, 2.45) is 0 Å². The lowest BCUT2D eigenvalue weighted by Gasteiger charge is -2.27. The van der Waals surface area contributed by atoms with Gasteiger partial charge in [-0.25, -0.2) is 8.42 Å². The fraction of sp³-hybridized carbons (Fsp3) is 0.294. The molecule has 0 spiro atoms. The Balaban J connectivity index is 1.78. The molecular weight excluding hydrogens is 342 g/mol. The van der Waals surface area contributed by atoms with Gasteiger partial charge in [-0.2, -0.15) is 4.31 Å². The molecule has 1 aliphatic heterocycles. The molecule has 1 aromatic carbocycles. The molecule has 25 heavy (non-hydrogen) atoms. The topological polar surface area (TPSA) is 88.6 Å². The van der Waals surface area contributed by atoms with E-state index in [9.17, 15) is 13.2 Å². The van der Waals surface area contributed by atoms with E-state index in [0.29, 0.717) is 31.9 Å². The lowest BCUT2D eigenvalue weighted by atomic mass is 10.2. The first-order valence-electron chi connectivity index (χ1n) is 7.94. The molecule has 0 radical (unpaired) electrons. The molecule has 132 valence electrons.